The molecule has 0 aliphatic heterocycles. The van der Waals surface area contributed by atoms with E-state index in [0.717, 1.165) is 18.2 Å². The minimum atomic E-state index is -4.95. The molecule has 2 nitrogen and oxygen atoms in total. The zero-order valence-corrected chi connectivity index (χ0v) is 7.64. The number of rotatable bonds is 1. The first-order chi connectivity index (χ1) is 7.42. The number of carbonyl (C=O) groups excluding carboxylic acids is 1. The summed E-state index contributed by atoms with van der Waals surface area (Å²) >= 11 is 0. The molecule has 0 bridgehead atoms. The maximum Gasteiger partial charge on any atom is 0.573 e. The Labute approximate surface area is 87.8 Å². The van der Waals surface area contributed by atoms with Gasteiger partial charge in [0.1, 0.15) is 0 Å². The van der Waals surface area contributed by atoms with E-state index in [1.165, 1.54) is 0 Å². The Morgan fingerprint density at radius 2 is 2.00 bits per heavy atom. The van der Waals surface area contributed by atoms with E-state index in [0.29, 0.717) is 0 Å². The highest BCUT2D eigenvalue weighted by Crippen LogP contribution is 2.25. The van der Waals surface area contributed by atoms with Gasteiger partial charge in [-0.2, -0.15) is 0 Å². The fourth-order valence-electron chi connectivity index (χ4n) is 0.899. The van der Waals surface area contributed by atoms with E-state index >= 15 is 0 Å². The summed E-state index contributed by atoms with van der Waals surface area (Å²) < 4.78 is 51.7. The van der Waals surface area contributed by atoms with Crippen molar-refractivity contribution >= 4 is 6.29 Å². The Morgan fingerprint density at radius 3 is 2.50 bits per heavy atom. The second-order valence-electron chi connectivity index (χ2n) is 2.58. The van der Waals surface area contributed by atoms with Crippen LogP contribution in [-0.2, 0) is 4.79 Å². The summed E-state index contributed by atoms with van der Waals surface area (Å²) in [4.78, 5) is 9.88. The van der Waals surface area contributed by atoms with E-state index in [1.807, 2.05) is 5.92 Å². The summed E-state index contributed by atoms with van der Waals surface area (Å²) in [7, 11) is 0. The molecule has 0 aliphatic rings. The van der Waals surface area contributed by atoms with Crippen LogP contribution in [0.3, 0.4) is 0 Å². The second-order valence-corrected chi connectivity index (χ2v) is 2.58. The van der Waals surface area contributed by atoms with Gasteiger partial charge in [-0.1, -0.05) is 5.92 Å². The van der Waals surface area contributed by atoms with Crippen LogP contribution in [-0.4, -0.2) is 12.6 Å². The van der Waals surface area contributed by atoms with Gasteiger partial charge in [0.05, 0.1) is 0 Å². The molecule has 84 valence electrons. The standard InChI is InChI=1S/C10H4F4O2/c11-8-6-7(2-1-5-15)3-4-9(8)16-10(12,13)14/h3-6H. The van der Waals surface area contributed by atoms with Gasteiger partial charge < -0.3 is 4.74 Å². The highest BCUT2D eigenvalue weighted by molar-refractivity contribution is 5.73. The summed E-state index contributed by atoms with van der Waals surface area (Å²) in [6, 6.07) is 2.65. The van der Waals surface area contributed by atoms with Crippen molar-refractivity contribution in [2.24, 2.45) is 0 Å². The summed E-state index contributed by atoms with van der Waals surface area (Å²) in [5.41, 5.74) is 0.0825. The number of carbonyl (C=O) groups is 1. The fraction of sp³-hybridized carbons (Fsp3) is 0.100. The molecule has 1 aromatic carbocycles. The van der Waals surface area contributed by atoms with Gasteiger partial charge in [-0.15, -0.1) is 13.2 Å². The predicted molar refractivity (Wildman–Crippen MR) is 46.0 cm³/mol. The lowest BCUT2D eigenvalue weighted by Crippen LogP contribution is -2.17. The third-order valence-electron chi connectivity index (χ3n) is 1.43. The Bertz CT molecular complexity index is 454. The lowest BCUT2D eigenvalue weighted by atomic mass is 10.2. The molecule has 0 atom stereocenters. The molecule has 1 rings (SSSR count). The molecule has 0 amide bonds. The SMILES string of the molecule is O=CC#Cc1ccc(OC(F)(F)F)c(F)c1. The molecular formula is C10H4F4O2. The van der Waals surface area contributed by atoms with Crippen molar-refractivity contribution in [1.29, 1.82) is 0 Å². The lowest BCUT2D eigenvalue weighted by molar-refractivity contribution is -0.275. The van der Waals surface area contributed by atoms with E-state index in [4.69, 9.17) is 0 Å². The summed E-state index contributed by atoms with van der Waals surface area (Å²) in [5.74, 6) is 2.09. The van der Waals surface area contributed by atoms with Crippen LogP contribution < -0.4 is 4.74 Å². The van der Waals surface area contributed by atoms with E-state index in [9.17, 15) is 22.4 Å². The van der Waals surface area contributed by atoms with Gasteiger partial charge in [-0.3, -0.25) is 4.79 Å². The fourth-order valence-corrected chi connectivity index (χ4v) is 0.899. The third-order valence-corrected chi connectivity index (χ3v) is 1.43. The average molecular weight is 232 g/mol. The van der Waals surface area contributed by atoms with Gasteiger partial charge in [0.15, 0.2) is 17.9 Å². The maximum absolute atomic E-state index is 13.0. The van der Waals surface area contributed by atoms with Gasteiger partial charge in [0, 0.05) is 5.56 Å². The molecule has 0 aliphatic carbocycles. The van der Waals surface area contributed by atoms with Crippen molar-refractivity contribution in [3.05, 3.63) is 29.6 Å². The van der Waals surface area contributed by atoms with Crippen molar-refractivity contribution < 1.29 is 27.1 Å². The van der Waals surface area contributed by atoms with Crippen molar-refractivity contribution in [1.82, 2.24) is 0 Å². The van der Waals surface area contributed by atoms with Crippen LogP contribution in [0.5, 0.6) is 5.75 Å². The molecule has 0 aromatic heterocycles. The van der Waals surface area contributed by atoms with E-state index in [2.05, 4.69) is 10.7 Å². The highest BCUT2D eigenvalue weighted by Gasteiger charge is 2.32. The summed E-state index contributed by atoms with van der Waals surface area (Å²) in [6.45, 7) is 0. The molecule has 0 fully saturated rings. The molecule has 0 heterocycles. The zero-order valence-electron chi connectivity index (χ0n) is 7.64. The zero-order chi connectivity index (χ0) is 12.2. The van der Waals surface area contributed by atoms with Crippen LogP contribution in [0, 0.1) is 17.7 Å². The molecule has 16 heavy (non-hydrogen) atoms. The second kappa shape index (κ2) is 4.66. The van der Waals surface area contributed by atoms with Crippen molar-refractivity contribution in [2.45, 2.75) is 6.36 Å². The van der Waals surface area contributed by atoms with Crippen LogP contribution in [0.1, 0.15) is 5.56 Å². The molecule has 1 aromatic rings. The van der Waals surface area contributed by atoms with E-state index in [1.54, 1.807) is 0 Å². The summed E-state index contributed by atoms with van der Waals surface area (Å²) in [5, 5.41) is 0. The van der Waals surface area contributed by atoms with Gasteiger partial charge in [0.2, 0.25) is 0 Å². The largest absolute Gasteiger partial charge is 0.573 e. The first-order valence-corrected chi connectivity index (χ1v) is 3.93. The molecule has 0 spiro atoms. The first kappa shape index (κ1) is 12.0. The summed E-state index contributed by atoms with van der Waals surface area (Å²) in [6.07, 6.45) is -4.66. The average Bonchev–Trinajstić information content (AvgIpc) is 2.17. The Morgan fingerprint density at radius 1 is 1.31 bits per heavy atom. The van der Waals surface area contributed by atoms with Crippen LogP contribution >= 0.6 is 0 Å². The smallest absolute Gasteiger partial charge is 0.403 e. The van der Waals surface area contributed by atoms with Gasteiger partial charge in [0.25, 0.3) is 0 Å². The molecular weight excluding hydrogens is 228 g/mol. The van der Waals surface area contributed by atoms with Crippen molar-refractivity contribution in [3.63, 3.8) is 0 Å². The Balaban J connectivity index is 2.96. The highest BCUT2D eigenvalue weighted by atomic mass is 19.4. The quantitative estimate of drug-likeness (QED) is 0.422. The number of hydrogen-bond acceptors (Lipinski definition) is 2. The van der Waals surface area contributed by atoms with Gasteiger partial charge >= 0.3 is 6.36 Å². The molecule has 0 N–H and O–H groups in total. The van der Waals surface area contributed by atoms with Crippen molar-refractivity contribution in [3.8, 4) is 17.6 Å². The Kier molecular flexibility index (Phi) is 3.51. The number of ether oxygens (including phenoxy) is 1. The topological polar surface area (TPSA) is 26.3 Å². The van der Waals surface area contributed by atoms with Crippen LogP contribution in [0.15, 0.2) is 18.2 Å². The van der Waals surface area contributed by atoms with Crippen LogP contribution in [0.4, 0.5) is 17.6 Å². The minimum absolute atomic E-state index is 0.0825. The monoisotopic (exact) mass is 232 g/mol. The van der Waals surface area contributed by atoms with Crippen LogP contribution in [0.2, 0.25) is 0 Å². The van der Waals surface area contributed by atoms with Crippen molar-refractivity contribution in [2.75, 3.05) is 0 Å². The number of aldehydes is 1. The normalized spacial score (nSPS) is 10.2. The first-order valence-electron chi connectivity index (χ1n) is 3.93. The molecule has 0 saturated carbocycles. The van der Waals surface area contributed by atoms with Crippen LogP contribution in [0.25, 0.3) is 0 Å². The van der Waals surface area contributed by atoms with Gasteiger partial charge in [-0.05, 0) is 24.1 Å². The molecule has 6 heteroatoms. The molecule has 0 saturated heterocycles. The van der Waals surface area contributed by atoms with E-state index < -0.39 is 17.9 Å². The molecule has 0 unspecified atom stereocenters. The van der Waals surface area contributed by atoms with E-state index in [-0.39, 0.29) is 11.8 Å². The third kappa shape index (κ3) is 3.61. The number of hydrogen-bond donors (Lipinski definition) is 0. The molecule has 0 radical (unpaired) electrons. The number of halogens is 4. The Hall–Kier alpha value is -2.03. The predicted octanol–water partition coefficient (Wildman–Crippen LogP) is 2.27. The lowest BCUT2D eigenvalue weighted by Gasteiger charge is -2.09. The number of alkyl halides is 3. The maximum atomic E-state index is 13.0. The number of benzene rings is 1. The minimum Gasteiger partial charge on any atom is -0.403 e. The van der Waals surface area contributed by atoms with Gasteiger partial charge in [-0.25, -0.2) is 4.39 Å².